The molecule has 0 radical (unpaired) electrons. The summed E-state index contributed by atoms with van der Waals surface area (Å²) in [6.45, 7) is 4.25. The molecule has 0 amide bonds. The lowest BCUT2D eigenvalue weighted by molar-refractivity contribution is 0.644. The largest absolute Gasteiger partial charge is 0.316 e. The third-order valence-electron chi connectivity index (χ3n) is 2.73. The maximum atomic E-state index is 6.01. The van der Waals surface area contributed by atoms with Crippen LogP contribution in [-0.4, -0.2) is 13.1 Å². The highest BCUT2D eigenvalue weighted by atomic mass is 35.5. The molecule has 0 saturated heterocycles. The van der Waals surface area contributed by atoms with Crippen molar-refractivity contribution in [2.45, 2.75) is 19.3 Å². The molecule has 4 heteroatoms. The maximum Gasteiger partial charge on any atom is 0.0595 e. The molecule has 0 aromatic heterocycles. The summed E-state index contributed by atoms with van der Waals surface area (Å²) in [6.07, 6.45) is 1.04. The summed E-state index contributed by atoms with van der Waals surface area (Å²) in [5.74, 6) is 0.516. The first-order chi connectivity index (χ1) is 6.68. The average molecular weight is 267 g/mol. The van der Waals surface area contributed by atoms with Gasteiger partial charge in [-0.25, -0.2) is 0 Å². The number of hydrogen-bond donors (Lipinski definition) is 1. The molecule has 1 atom stereocenters. The van der Waals surface area contributed by atoms with Gasteiger partial charge in [0, 0.05) is 6.54 Å². The Hall–Kier alpha value is 0.0500. The number of benzene rings is 1. The van der Waals surface area contributed by atoms with Crippen LogP contribution in [0.1, 0.15) is 24.0 Å². The number of rotatable bonds is 0. The van der Waals surface area contributed by atoms with Crippen LogP contribution in [0.25, 0.3) is 0 Å². The maximum absolute atomic E-state index is 6.01. The van der Waals surface area contributed by atoms with E-state index in [-0.39, 0.29) is 12.4 Å². The minimum atomic E-state index is 0. The van der Waals surface area contributed by atoms with Gasteiger partial charge < -0.3 is 5.32 Å². The van der Waals surface area contributed by atoms with Crippen LogP contribution in [-0.2, 0) is 6.42 Å². The van der Waals surface area contributed by atoms with Crippen molar-refractivity contribution in [3.63, 3.8) is 0 Å². The molecule has 0 fully saturated rings. The molecule has 1 heterocycles. The predicted molar refractivity (Wildman–Crippen MR) is 68.7 cm³/mol. The zero-order chi connectivity index (χ0) is 10.1. The summed E-state index contributed by atoms with van der Waals surface area (Å²) in [7, 11) is 0. The highest BCUT2D eigenvalue weighted by Crippen LogP contribution is 2.31. The minimum Gasteiger partial charge on any atom is -0.316 e. The van der Waals surface area contributed by atoms with Gasteiger partial charge in [-0.05, 0) is 42.1 Å². The van der Waals surface area contributed by atoms with Crippen molar-refractivity contribution in [2.75, 3.05) is 13.1 Å². The molecular formula is C11H14Cl3N. The van der Waals surface area contributed by atoms with Gasteiger partial charge in [0.05, 0.1) is 10.0 Å². The first kappa shape index (κ1) is 13.1. The number of halogens is 3. The van der Waals surface area contributed by atoms with E-state index in [2.05, 4.69) is 12.2 Å². The van der Waals surface area contributed by atoms with Crippen molar-refractivity contribution in [2.24, 2.45) is 0 Å². The van der Waals surface area contributed by atoms with Gasteiger partial charge in [-0.2, -0.15) is 0 Å². The molecule has 0 spiro atoms. The number of nitrogens with one attached hydrogen (secondary N) is 1. The average Bonchev–Trinajstić information content (AvgIpc) is 2.31. The lowest BCUT2D eigenvalue weighted by Crippen LogP contribution is -2.18. The summed E-state index contributed by atoms with van der Waals surface area (Å²) in [4.78, 5) is 0. The fourth-order valence-corrected chi connectivity index (χ4v) is 2.29. The van der Waals surface area contributed by atoms with Gasteiger partial charge in [-0.1, -0.05) is 30.1 Å². The molecule has 1 aromatic carbocycles. The summed E-state index contributed by atoms with van der Waals surface area (Å²) in [6, 6.07) is 4.01. The lowest BCUT2D eigenvalue weighted by atomic mass is 9.95. The van der Waals surface area contributed by atoms with Crippen molar-refractivity contribution in [3.8, 4) is 0 Å². The zero-order valence-corrected chi connectivity index (χ0v) is 10.8. The van der Waals surface area contributed by atoms with E-state index in [1.54, 1.807) is 0 Å². The van der Waals surface area contributed by atoms with Gasteiger partial charge in [0.2, 0.25) is 0 Å². The van der Waals surface area contributed by atoms with Crippen LogP contribution < -0.4 is 5.32 Å². The SMILES string of the molecule is C[C@@H]1CNCCc2cc(Cl)c(Cl)cc21.Cl. The van der Waals surface area contributed by atoms with E-state index >= 15 is 0 Å². The van der Waals surface area contributed by atoms with E-state index in [0.717, 1.165) is 19.5 Å². The Kier molecular flexibility index (Phi) is 4.72. The summed E-state index contributed by atoms with van der Waals surface area (Å²) in [5.41, 5.74) is 2.67. The molecule has 2 rings (SSSR count). The third kappa shape index (κ3) is 2.79. The molecule has 1 aromatic rings. The second-order valence-corrected chi connectivity index (χ2v) is 4.63. The molecule has 84 valence electrons. The van der Waals surface area contributed by atoms with Gasteiger partial charge in [-0.15, -0.1) is 12.4 Å². The Morgan fingerprint density at radius 1 is 1.27 bits per heavy atom. The van der Waals surface area contributed by atoms with Gasteiger partial charge in [-0.3, -0.25) is 0 Å². The number of fused-ring (bicyclic) bond motifs is 1. The smallest absolute Gasteiger partial charge is 0.0595 e. The summed E-state index contributed by atoms with van der Waals surface area (Å²) in [5, 5.41) is 4.73. The van der Waals surface area contributed by atoms with Crippen LogP contribution in [0.15, 0.2) is 12.1 Å². The van der Waals surface area contributed by atoms with Crippen LogP contribution in [0.5, 0.6) is 0 Å². The zero-order valence-electron chi connectivity index (χ0n) is 8.52. The third-order valence-corrected chi connectivity index (χ3v) is 3.46. The molecule has 0 aliphatic carbocycles. The van der Waals surface area contributed by atoms with Gasteiger partial charge in [0.25, 0.3) is 0 Å². The highest BCUT2D eigenvalue weighted by Gasteiger charge is 2.16. The molecule has 0 unspecified atom stereocenters. The van der Waals surface area contributed by atoms with Gasteiger partial charge in [0.15, 0.2) is 0 Å². The van der Waals surface area contributed by atoms with Crippen LogP contribution in [0.2, 0.25) is 10.0 Å². The second kappa shape index (κ2) is 5.40. The van der Waals surface area contributed by atoms with E-state index in [1.807, 2.05) is 12.1 Å². The molecule has 1 N–H and O–H groups in total. The van der Waals surface area contributed by atoms with Crippen molar-refractivity contribution in [1.29, 1.82) is 0 Å². The van der Waals surface area contributed by atoms with Crippen molar-refractivity contribution >= 4 is 35.6 Å². The first-order valence-electron chi connectivity index (χ1n) is 4.87. The monoisotopic (exact) mass is 265 g/mol. The standard InChI is InChI=1S/C11H13Cl2N.ClH/c1-7-6-14-3-2-8-4-10(12)11(13)5-9(7)8;/h4-5,7,14H,2-3,6H2,1H3;1H/t7-;/m1./s1. The van der Waals surface area contributed by atoms with Crippen molar-refractivity contribution in [1.82, 2.24) is 5.32 Å². The Morgan fingerprint density at radius 2 is 1.93 bits per heavy atom. The lowest BCUT2D eigenvalue weighted by Gasteiger charge is -2.13. The molecule has 1 aliphatic rings. The van der Waals surface area contributed by atoms with Crippen LogP contribution in [0.4, 0.5) is 0 Å². The topological polar surface area (TPSA) is 12.0 Å². The minimum absolute atomic E-state index is 0. The first-order valence-corrected chi connectivity index (χ1v) is 5.62. The van der Waals surface area contributed by atoms with E-state index in [1.165, 1.54) is 11.1 Å². The summed E-state index contributed by atoms with van der Waals surface area (Å²) < 4.78 is 0. The molecule has 0 bridgehead atoms. The van der Waals surface area contributed by atoms with E-state index in [0.29, 0.717) is 16.0 Å². The fourth-order valence-electron chi connectivity index (χ4n) is 1.93. The van der Waals surface area contributed by atoms with E-state index in [4.69, 9.17) is 23.2 Å². The Bertz CT molecular complexity index is 352. The molecular weight excluding hydrogens is 252 g/mol. The Balaban J connectivity index is 0.00000112. The van der Waals surface area contributed by atoms with E-state index in [9.17, 15) is 0 Å². The predicted octanol–water partition coefficient (Wildman–Crippen LogP) is 3.66. The van der Waals surface area contributed by atoms with Crippen molar-refractivity contribution < 1.29 is 0 Å². The normalized spacial score (nSPS) is 20.1. The molecule has 0 saturated carbocycles. The Morgan fingerprint density at radius 3 is 2.67 bits per heavy atom. The quantitative estimate of drug-likeness (QED) is 0.755. The fraction of sp³-hybridized carbons (Fsp3) is 0.455. The van der Waals surface area contributed by atoms with Crippen molar-refractivity contribution in [3.05, 3.63) is 33.3 Å². The van der Waals surface area contributed by atoms with E-state index < -0.39 is 0 Å². The van der Waals surface area contributed by atoms with Crippen LogP contribution in [0.3, 0.4) is 0 Å². The van der Waals surface area contributed by atoms with Crippen LogP contribution >= 0.6 is 35.6 Å². The summed E-state index contributed by atoms with van der Waals surface area (Å²) >= 11 is 12.0. The molecule has 1 aliphatic heterocycles. The second-order valence-electron chi connectivity index (χ2n) is 3.82. The highest BCUT2D eigenvalue weighted by molar-refractivity contribution is 6.42. The Labute approximate surface area is 107 Å². The molecule has 1 nitrogen and oxygen atoms in total. The van der Waals surface area contributed by atoms with Gasteiger partial charge in [0.1, 0.15) is 0 Å². The molecule has 15 heavy (non-hydrogen) atoms. The van der Waals surface area contributed by atoms with Crippen LogP contribution in [0, 0.1) is 0 Å². The number of hydrogen-bond acceptors (Lipinski definition) is 1. The van der Waals surface area contributed by atoms with Gasteiger partial charge >= 0.3 is 0 Å².